The minimum atomic E-state index is -0.376. The van der Waals surface area contributed by atoms with Gasteiger partial charge in [-0.25, -0.2) is 9.37 Å². The van der Waals surface area contributed by atoms with E-state index < -0.39 is 0 Å². The van der Waals surface area contributed by atoms with Crippen molar-refractivity contribution in [2.45, 2.75) is 0 Å². The molecule has 0 unspecified atom stereocenters. The van der Waals surface area contributed by atoms with Gasteiger partial charge in [-0.2, -0.15) is 5.26 Å². The smallest absolute Gasteiger partial charge is 0.146 e. The molecular weight excluding hydrogens is 381 g/mol. The van der Waals surface area contributed by atoms with Crippen molar-refractivity contribution in [1.82, 2.24) is 4.98 Å². The molecule has 0 bridgehead atoms. The van der Waals surface area contributed by atoms with Crippen LogP contribution in [0.25, 0.3) is 28.0 Å². The fraction of sp³-hybridized carbons (Fsp3) is 0. The zero-order chi connectivity index (χ0) is 20.1. The molecule has 1 N–H and O–H groups in total. The molecule has 1 heterocycles. The lowest BCUT2D eigenvalue weighted by molar-refractivity contribution is 0.632. The second-order valence-corrected chi connectivity index (χ2v) is 7.13. The van der Waals surface area contributed by atoms with Gasteiger partial charge in [0.1, 0.15) is 22.5 Å². The van der Waals surface area contributed by atoms with Gasteiger partial charge >= 0.3 is 0 Å². The van der Waals surface area contributed by atoms with Gasteiger partial charge in [0.25, 0.3) is 0 Å². The maximum absolute atomic E-state index is 13.7. The summed E-state index contributed by atoms with van der Waals surface area (Å²) >= 11 is 1.38. The van der Waals surface area contributed by atoms with E-state index in [-0.39, 0.29) is 5.82 Å². The molecule has 0 aliphatic rings. The van der Waals surface area contributed by atoms with Gasteiger partial charge in [0.05, 0.1) is 11.4 Å². The van der Waals surface area contributed by atoms with E-state index in [1.54, 1.807) is 18.2 Å². The van der Waals surface area contributed by atoms with E-state index in [1.165, 1.54) is 23.6 Å². The molecule has 0 atom stereocenters. The summed E-state index contributed by atoms with van der Waals surface area (Å²) in [4.78, 5) is 4.58. The standard InChI is InChI=1S/C24H16FN3S/c25-21-8-4-5-9-22(21)27-15-20(14-26)24-28-23(16-29-24)19-12-10-18(11-13-19)17-6-2-1-3-7-17/h1-13,15-16,27H. The Morgan fingerprint density at radius 2 is 1.55 bits per heavy atom. The number of hydrogen-bond donors (Lipinski definition) is 1. The normalized spacial score (nSPS) is 11.1. The summed E-state index contributed by atoms with van der Waals surface area (Å²) in [6.45, 7) is 0. The summed E-state index contributed by atoms with van der Waals surface area (Å²) < 4.78 is 13.7. The number of nitrogens with zero attached hydrogens (tertiary/aromatic N) is 2. The lowest BCUT2D eigenvalue weighted by atomic mass is 10.0. The molecule has 3 aromatic carbocycles. The van der Waals surface area contributed by atoms with E-state index in [9.17, 15) is 9.65 Å². The number of benzene rings is 3. The number of para-hydroxylation sites is 1. The Kier molecular flexibility index (Phi) is 5.46. The maximum Gasteiger partial charge on any atom is 0.146 e. The van der Waals surface area contributed by atoms with Gasteiger partial charge in [0.2, 0.25) is 0 Å². The van der Waals surface area contributed by atoms with Crippen molar-refractivity contribution in [3.8, 4) is 28.5 Å². The van der Waals surface area contributed by atoms with Gasteiger partial charge in [0.15, 0.2) is 0 Å². The van der Waals surface area contributed by atoms with Crippen molar-refractivity contribution in [3.05, 3.63) is 101 Å². The molecule has 3 nitrogen and oxygen atoms in total. The first kappa shape index (κ1) is 18.6. The minimum absolute atomic E-state index is 0.313. The molecule has 140 valence electrons. The lowest BCUT2D eigenvalue weighted by Crippen LogP contribution is -1.93. The van der Waals surface area contributed by atoms with Gasteiger partial charge in [-0.1, -0.05) is 66.7 Å². The zero-order valence-electron chi connectivity index (χ0n) is 15.3. The summed E-state index contributed by atoms with van der Waals surface area (Å²) in [6.07, 6.45) is 1.49. The van der Waals surface area contributed by atoms with Crippen molar-refractivity contribution in [2.24, 2.45) is 0 Å². The Bertz CT molecular complexity index is 1190. The van der Waals surface area contributed by atoms with E-state index in [1.807, 2.05) is 35.7 Å². The number of nitriles is 1. The Morgan fingerprint density at radius 3 is 2.28 bits per heavy atom. The average Bonchev–Trinajstić information content (AvgIpc) is 3.26. The Hall–Kier alpha value is -3.75. The molecule has 5 heteroatoms. The van der Waals surface area contributed by atoms with Gasteiger partial charge in [-0.05, 0) is 23.3 Å². The van der Waals surface area contributed by atoms with Crippen molar-refractivity contribution in [2.75, 3.05) is 5.32 Å². The number of nitrogens with one attached hydrogen (secondary N) is 1. The highest BCUT2D eigenvalue weighted by Gasteiger charge is 2.10. The van der Waals surface area contributed by atoms with E-state index in [0.717, 1.165) is 22.4 Å². The van der Waals surface area contributed by atoms with Crippen LogP contribution < -0.4 is 5.32 Å². The summed E-state index contributed by atoms with van der Waals surface area (Å²) in [5, 5.41) is 14.8. The third-order valence-electron chi connectivity index (χ3n) is 4.39. The first-order valence-electron chi connectivity index (χ1n) is 8.98. The maximum atomic E-state index is 13.7. The topological polar surface area (TPSA) is 48.7 Å². The molecule has 0 amide bonds. The number of halogens is 1. The molecule has 4 aromatic rings. The molecule has 4 rings (SSSR count). The molecular formula is C24H16FN3S. The van der Waals surface area contributed by atoms with Crippen molar-refractivity contribution >= 4 is 22.6 Å². The van der Waals surface area contributed by atoms with E-state index in [2.05, 4.69) is 40.6 Å². The minimum Gasteiger partial charge on any atom is -0.358 e. The summed E-state index contributed by atoms with van der Waals surface area (Å²) in [5.41, 5.74) is 4.74. The van der Waals surface area contributed by atoms with Gasteiger partial charge < -0.3 is 5.32 Å². The summed E-state index contributed by atoms with van der Waals surface area (Å²) in [7, 11) is 0. The second kappa shape index (κ2) is 8.51. The predicted molar refractivity (Wildman–Crippen MR) is 117 cm³/mol. The van der Waals surface area contributed by atoms with Crippen LogP contribution in [0.4, 0.5) is 10.1 Å². The Labute approximate surface area is 172 Å². The molecule has 0 saturated carbocycles. The van der Waals surface area contributed by atoms with Crippen LogP contribution in [-0.4, -0.2) is 4.98 Å². The molecule has 0 aliphatic heterocycles. The molecule has 0 spiro atoms. The summed E-state index contributed by atoms with van der Waals surface area (Å²) in [5.74, 6) is -0.376. The number of hydrogen-bond acceptors (Lipinski definition) is 4. The number of thiazole rings is 1. The van der Waals surface area contributed by atoms with E-state index >= 15 is 0 Å². The van der Waals surface area contributed by atoms with Crippen LogP contribution in [0.5, 0.6) is 0 Å². The number of aromatic nitrogens is 1. The number of anilines is 1. The lowest BCUT2D eigenvalue weighted by Gasteiger charge is -2.03. The Balaban J connectivity index is 1.55. The van der Waals surface area contributed by atoms with E-state index in [4.69, 9.17) is 0 Å². The van der Waals surface area contributed by atoms with Crippen LogP contribution in [0.3, 0.4) is 0 Å². The van der Waals surface area contributed by atoms with Crippen molar-refractivity contribution in [3.63, 3.8) is 0 Å². The van der Waals surface area contributed by atoms with Crippen LogP contribution in [0, 0.1) is 17.1 Å². The zero-order valence-corrected chi connectivity index (χ0v) is 16.2. The number of allylic oxidation sites excluding steroid dienone is 1. The monoisotopic (exact) mass is 397 g/mol. The second-order valence-electron chi connectivity index (χ2n) is 6.28. The first-order chi connectivity index (χ1) is 14.2. The van der Waals surface area contributed by atoms with Gasteiger partial charge in [-0.3, -0.25) is 0 Å². The molecule has 0 saturated heterocycles. The quantitative estimate of drug-likeness (QED) is 0.386. The highest BCUT2D eigenvalue weighted by Crippen LogP contribution is 2.28. The SMILES string of the molecule is N#CC(=CNc1ccccc1F)c1nc(-c2ccc(-c3ccccc3)cc2)cs1. The largest absolute Gasteiger partial charge is 0.358 e. The highest BCUT2D eigenvalue weighted by atomic mass is 32.1. The highest BCUT2D eigenvalue weighted by molar-refractivity contribution is 7.11. The molecule has 29 heavy (non-hydrogen) atoms. The molecule has 0 aliphatic carbocycles. The molecule has 0 fully saturated rings. The fourth-order valence-electron chi connectivity index (χ4n) is 2.86. The third-order valence-corrected chi connectivity index (χ3v) is 5.26. The first-order valence-corrected chi connectivity index (χ1v) is 9.85. The van der Waals surface area contributed by atoms with Crippen molar-refractivity contribution in [1.29, 1.82) is 5.26 Å². The number of rotatable bonds is 5. The Morgan fingerprint density at radius 1 is 0.897 bits per heavy atom. The van der Waals surface area contributed by atoms with Gasteiger partial charge in [0, 0.05) is 17.1 Å². The molecule has 0 radical (unpaired) electrons. The van der Waals surface area contributed by atoms with Crippen LogP contribution in [0.1, 0.15) is 5.01 Å². The summed E-state index contributed by atoms with van der Waals surface area (Å²) in [6, 6.07) is 26.8. The average molecular weight is 397 g/mol. The van der Waals surface area contributed by atoms with Crippen molar-refractivity contribution < 1.29 is 4.39 Å². The van der Waals surface area contributed by atoms with Crippen LogP contribution in [0.2, 0.25) is 0 Å². The van der Waals surface area contributed by atoms with E-state index in [0.29, 0.717) is 16.3 Å². The molecule has 1 aromatic heterocycles. The fourth-order valence-corrected chi connectivity index (χ4v) is 3.66. The van der Waals surface area contributed by atoms with Crippen LogP contribution in [-0.2, 0) is 0 Å². The van der Waals surface area contributed by atoms with Gasteiger partial charge in [-0.15, -0.1) is 11.3 Å². The van der Waals surface area contributed by atoms with Crippen LogP contribution >= 0.6 is 11.3 Å². The predicted octanol–water partition coefficient (Wildman–Crippen LogP) is 6.59. The third kappa shape index (κ3) is 4.23. The van der Waals surface area contributed by atoms with Crippen LogP contribution in [0.15, 0.2) is 90.4 Å².